The highest BCUT2D eigenvalue weighted by atomic mass is 35.5. The van der Waals surface area contributed by atoms with Crippen LogP contribution in [-0.2, 0) is 4.79 Å². The van der Waals surface area contributed by atoms with Gasteiger partial charge in [-0.3, -0.25) is 9.59 Å². The molecule has 0 spiro atoms. The van der Waals surface area contributed by atoms with Crippen molar-refractivity contribution in [1.82, 2.24) is 4.57 Å². The minimum atomic E-state index is -0.734. The number of rotatable bonds is 6. The van der Waals surface area contributed by atoms with Gasteiger partial charge in [-0.05, 0) is 68.6 Å². The van der Waals surface area contributed by atoms with Crippen molar-refractivity contribution < 1.29 is 14.3 Å². The summed E-state index contributed by atoms with van der Waals surface area (Å²) >= 11 is 6.02. The number of fused-ring (bicyclic) bond motifs is 1. The zero-order valence-electron chi connectivity index (χ0n) is 16.7. The van der Waals surface area contributed by atoms with E-state index in [9.17, 15) is 9.59 Å². The van der Waals surface area contributed by atoms with Gasteiger partial charge in [0.25, 0.3) is 5.56 Å². The second-order valence-electron chi connectivity index (χ2n) is 6.95. The van der Waals surface area contributed by atoms with E-state index >= 15 is 0 Å². The summed E-state index contributed by atoms with van der Waals surface area (Å²) in [4.78, 5) is 25.7. The number of hydrogen-bond acceptors (Lipinski definition) is 4. The lowest BCUT2D eigenvalue weighted by Gasteiger charge is -2.17. The van der Waals surface area contributed by atoms with E-state index in [1.807, 2.05) is 19.9 Å². The van der Waals surface area contributed by atoms with Gasteiger partial charge < -0.3 is 19.4 Å². The van der Waals surface area contributed by atoms with Crippen molar-refractivity contribution in [2.24, 2.45) is 0 Å². The minimum Gasteiger partial charge on any atom is -0.495 e. The topological polar surface area (TPSA) is 69.6 Å². The highest BCUT2D eigenvalue weighted by Gasteiger charge is 2.19. The van der Waals surface area contributed by atoms with Gasteiger partial charge in [-0.15, -0.1) is 0 Å². The zero-order valence-corrected chi connectivity index (χ0v) is 17.5. The number of ether oxygens (including phenoxy) is 2. The van der Waals surface area contributed by atoms with E-state index in [0.29, 0.717) is 27.6 Å². The number of amides is 1. The summed E-state index contributed by atoms with van der Waals surface area (Å²) in [5.41, 5.74) is 0.195. The quantitative estimate of drug-likeness (QED) is 0.637. The lowest BCUT2D eigenvalue weighted by molar-refractivity contribution is -0.118. The molecule has 6 nitrogen and oxygen atoms in total. The third-order valence-electron chi connectivity index (χ3n) is 4.49. The number of halogens is 1. The van der Waals surface area contributed by atoms with Gasteiger partial charge in [0.2, 0.25) is 5.91 Å². The van der Waals surface area contributed by atoms with Gasteiger partial charge >= 0.3 is 0 Å². The molecule has 0 radical (unpaired) electrons. The molecule has 1 amide bonds. The number of methoxy groups -OCH3 is 1. The van der Waals surface area contributed by atoms with Gasteiger partial charge in [0.05, 0.1) is 18.9 Å². The number of nitrogens with one attached hydrogen (secondary N) is 1. The van der Waals surface area contributed by atoms with E-state index in [1.165, 1.54) is 11.7 Å². The molecule has 7 heteroatoms. The van der Waals surface area contributed by atoms with Crippen LogP contribution in [0, 0.1) is 0 Å². The van der Waals surface area contributed by atoms with Crippen LogP contribution >= 0.6 is 11.6 Å². The summed E-state index contributed by atoms with van der Waals surface area (Å²) in [5.74, 6) is 0.828. The van der Waals surface area contributed by atoms with Crippen LogP contribution in [0.2, 0.25) is 5.02 Å². The zero-order chi connectivity index (χ0) is 21.1. The average Bonchev–Trinajstić information content (AvgIpc) is 2.67. The molecule has 0 bridgehead atoms. The Balaban J connectivity index is 1.89. The maximum Gasteiger partial charge on any atom is 0.259 e. The monoisotopic (exact) mass is 414 g/mol. The fraction of sp³-hybridized carbons (Fsp3) is 0.273. The van der Waals surface area contributed by atoms with E-state index < -0.39 is 6.04 Å². The van der Waals surface area contributed by atoms with Crippen molar-refractivity contribution in [2.45, 2.75) is 32.9 Å². The van der Waals surface area contributed by atoms with Crippen LogP contribution in [0.3, 0.4) is 0 Å². The molecule has 2 aromatic carbocycles. The summed E-state index contributed by atoms with van der Waals surface area (Å²) < 4.78 is 12.3. The number of carbonyl (C=O) groups excluding carboxylic acids is 1. The number of carbonyl (C=O) groups is 1. The number of nitrogens with zero attached hydrogens (tertiary/aromatic N) is 1. The fourth-order valence-corrected chi connectivity index (χ4v) is 3.20. The molecular weight excluding hydrogens is 392 g/mol. The smallest absolute Gasteiger partial charge is 0.259 e. The molecule has 1 N–H and O–H groups in total. The van der Waals surface area contributed by atoms with Crippen LogP contribution in [0.5, 0.6) is 11.5 Å². The van der Waals surface area contributed by atoms with E-state index in [0.717, 1.165) is 5.39 Å². The molecule has 1 unspecified atom stereocenters. The van der Waals surface area contributed by atoms with E-state index in [2.05, 4.69) is 5.32 Å². The molecule has 3 aromatic rings. The van der Waals surface area contributed by atoms with Crippen molar-refractivity contribution in [3.8, 4) is 11.5 Å². The maximum absolute atomic E-state index is 12.9. The first kappa shape index (κ1) is 20.7. The second-order valence-corrected chi connectivity index (χ2v) is 7.39. The molecule has 1 atom stereocenters. The van der Waals surface area contributed by atoms with Crippen molar-refractivity contribution in [3.05, 3.63) is 64.0 Å². The van der Waals surface area contributed by atoms with Crippen molar-refractivity contribution >= 4 is 34.0 Å². The predicted octanol–water partition coefficient (Wildman–Crippen LogP) is 4.65. The van der Waals surface area contributed by atoms with Gasteiger partial charge in [-0.2, -0.15) is 0 Å². The van der Waals surface area contributed by atoms with Crippen LogP contribution in [0.25, 0.3) is 10.8 Å². The number of hydrogen-bond donors (Lipinski definition) is 1. The van der Waals surface area contributed by atoms with Gasteiger partial charge in [0, 0.05) is 16.6 Å². The van der Waals surface area contributed by atoms with Crippen molar-refractivity contribution in [1.29, 1.82) is 0 Å². The van der Waals surface area contributed by atoms with Gasteiger partial charge in [-0.25, -0.2) is 0 Å². The summed E-state index contributed by atoms with van der Waals surface area (Å²) in [5, 5.41) is 4.52. The predicted molar refractivity (Wildman–Crippen MR) is 115 cm³/mol. The standard InChI is InChI=1S/C22H23ClN2O4/c1-13(2)29-17-6-7-18-15(11-17)9-10-25(22(18)27)14(3)21(26)24-19-12-16(23)5-8-20(19)28-4/h5-14H,1-4H3,(H,24,26). The highest BCUT2D eigenvalue weighted by molar-refractivity contribution is 6.31. The Morgan fingerprint density at radius 3 is 2.55 bits per heavy atom. The number of anilines is 1. The Hall–Kier alpha value is -2.99. The SMILES string of the molecule is COc1ccc(Cl)cc1NC(=O)C(C)n1ccc2cc(OC(C)C)ccc2c1=O. The Morgan fingerprint density at radius 2 is 1.86 bits per heavy atom. The minimum absolute atomic E-state index is 0.0417. The first-order valence-corrected chi connectivity index (χ1v) is 9.64. The summed E-state index contributed by atoms with van der Waals surface area (Å²) in [7, 11) is 1.51. The average molecular weight is 415 g/mol. The van der Waals surface area contributed by atoms with Crippen LogP contribution in [0.1, 0.15) is 26.8 Å². The molecule has 29 heavy (non-hydrogen) atoms. The van der Waals surface area contributed by atoms with E-state index in [4.69, 9.17) is 21.1 Å². The Morgan fingerprint density at radius 1 is 1.10 bits per heavy atom. The first-order valence-electron chi connectivity index (χ1n) is 9.26. The number of benzene rings is 2. The summed E-state index contributed by atoms with van der Waals surface area (Å²) in [6.45, 7) is 5.55. The lowest BCUT2D eigenvalue weighted by atomic mass is 10.1. The third kappa shape index (κ3) is 4.54. The van der Waals surface area contributed by atoms with Gasteiger partial charge in [0.1, 0.15) is 17.5 Å². The molecule has 0 aliphatic rings. The molecule has 1 aromatic heterocycles. The fourth-order valence-electron chi connectivity index (χ4n) is 3.03. The highest BCUT2D eigenvalue weighted by Crippen LogP contribution is 2.28. The largest absolute Gasteiger partial charge is 0.495 e. The van der Waals surface area contributed by atoms with E-state index in [1.54, 1.807) is 49.5 Å². The molecule has 1 heterocycles. The normalized spacial score (nSPS) is 12.1. The van der Waals surface area contributed by atoms with Crippen LogP contribution < -0.4 is 20.3 Å². The van der Waals surface area contributed by atoms with Crippen LogP contribution in [0.4, 0.5) is 5.69 Å². The van der Waals surface area contributed by atoms with E-state index in [-0.39, 0.29) is 17.6 Å². The molecule has 152 valence electrons. The van der Waals surface area contributed by atoms with Gasteiger partial charge in [0.15, 0.2) is 0 Å². The molecule has 0 saturated carbocycles. The Kier molecular flexibility index (Phi) is 6.13. The number of pyridine rings is 1. The van der Waals surface area contributed by atoms with Crippen molar-refractivity contribution in [2.75, 3.05) is 12.4 Å². The molecule has 0 fully saturated rings. The molecule has 0 saturated heterocycles. The van der Waals surface area contributed by atoms with Gasteiger partial charge in [-0.1, -0.05) is 11.6 Å². The molecule has 0 aliphatic heterocycles. The summed E-state index contributed by atoms with van der Waals surface area (Å²) in [6.07, 6.45) is 1.66. The molecule has 3 rings (SSSR count). The lowest BCUT2D eigenvalue weighted by Crippen LogP contribution is -2.31. The third-order valence-corrected chi connectivity index (χ3v) is 4.73. The maximum atomic E-state index is 12.9. The molecular formula is C22H23ClN2O4. The Bertz CT molecular complexity index is 1110. The van der Waals surface area contributed by atoms with Crippen molar-refractivity contribution in [3.63, 3.8) is 0 Å². The first-order chi connectivity index (χ1) is 13.8. The Labute approximate surface area is 174 Å². The second kappa shape index (κ2) is 8.57. The van der Waals surface area contributed by atoms with Crippen LogP contribution in [-0.4, -0.2) is 23.7 Å². The molecule has 0 aliphatic carbocycles. The number of aromatic nitrogens is 1. The summed E-state index contributed by atoms with van der Waals surface area (Å²) in [6, 6.07) is 11.3. The van der Waals surface area contributed by atoms with Crippen LogP contribution in [0.15, 0.2) is 53.5 Å².